The molecule has 0 radical (unpaired) electrons. The van der Waals surface area contributed by atoms with Gasteiger partial charge in [0, 0.05) is 42.4 Å². The molecule has 3 aromatic heterocycles. The first-order valence-electron chi connectivity index (χ1n) is 22.0. The molecule has 0 atom stereocenters. The average molecular weight is 845 g/mol. The monoisotopic (exact) mass is 844 g/mol. The zero-order valence-corrected chi connectivity index (χ0v) is 36.2. The third-order valence-electron chi connectivity index (χ3n) is 12.5. The van der Waals surface area contributed by atoms with Crippen molar-refractivity contribution in [3.8, 4) is 89.5 Å². The van der Waals surface area contributed by atoms with Gasteiger partial charge in [0.1, 0.15) is 0 Å². The molecule has 0 saturated carbocycles. The van der Waals surface area contributed by atoms with Gasteiger partial charge in [-0.2, -0.15) is 0 Å². The van der Waals surface area contributed by atoms with E-state index >= 15 is 0 Å². The highest BCUT2D eigenvalue weighted by Crippen LogP contribution is 2.43. The molecule has 9 aromatic carbocycles. The van der Waals surface area contributed by atoms with Crippen molar-refractivity contribution in [3.05, 3.63) is 243 Å². The minimum atomic E-state index is 0.931. The summed E-state index contributed by atoms with van der Waals surface area (Å²) in [5.74, 6) is 0. The fourth-order valence-electron chi connectivity index (χ4n) is 9.23. The lowest BCUT2D eigenvalue weighted by Crippen LogP contribution is -1.94. The molecule has 0 aliphatic carbocycles. The van der Waals surface area contributed by atoms with E-state index in [9.17, 15) is 0 Å². The summed E-state index contributed by atoms with van der Waals surface area (Å²) in [7, 11) is 0. The second-order valence-electron chi connectivity index (χ2n) is 16.5. The number of hydrogen-bond acceptors (Lipinski definition) is 3. The molecule has 0 N–H and O–H groups in total. The molecule has 3 heterocycles. The average Bonchev–Trinajstić information content (AvgIpc) is 3.77. The molecule has 0 spiro atoms. The van der Waals surface area contributed by atoms with Crippen LogP contribution in [0.5, 0.6) is 0 Å². The van der Waals surface area contributed by atoms with Crippen molar-refractivity contribution in [2.45, 2.75) is 0 Å². The van der Waals surface area contributed by atoms with Gasteiger partial charge in [0.25, 0.3) is 0 Å². The Kier molecular flexibility index (Phi) is 9.74. The summed E-state index contributed by atoms with van der Waals surface area (Å²) in [6.45, 7) is 0. The summed E-state index contributed by atoms with van der Waals surface area (Å²) in [5, 5.41) is 5.04. The summed E-state index contributed by atoms with van der Waals surface area (Å²) in [6.07, 6.45) is 0. The van der Waals surface area contributed by atoms with E-state index in [1.54, 1.807) is 0 Å². The quantitative estimate of drug-likeness (QED) is 0.152. The Morgan fingerprint density at radius 3 is 1.03 bits per heavy atom. The van der Waals surface area contributed by atoms with Crippen LogP contribution in [0.3, 0.4) is 0 Å². The molecule has 2 nitrogen and oxygen atoms in total. The highest BCUT2D eigenvalue weighted by Gasteiger charge is 2.17. The first-order chi connectivity index (χ1) is 32.2. The van der Waals surface area contributed by atoms with Gasteiger partial charge in [-0.15, -0.1) is 11.3 Å². The third kappa shape index (κ3) is 7.38. The van der Waals surface area contributed by atoms with Gasteiger partial charge in [-0.25, -0.2) is 9.97 Å². The molecule has 3 heteroatoms. The van der Waals surface area contributed by atoms with Crippen LogP contribution in [0.25, 0.3) is 120 Å². The predicted octanol–water partition coefficient (Wildman–Crippen LogP) is 17.3. The molecule has 0 aliphatic heterocycles. The van der Waals surface area contributed by atoms with Crippen molar-refractivity contribution in [1.82, 2.24) is 9.97 Å². The minimum Gasteiger partial charge on any atom is -0.248 e. The Bertz CT molecular complexity index is 3430. The lowest BCUT2D eigenvalue weighted by Gasteiger charge is -2.17. The molecule has 0 amide bonds. The molecule has 0 unspecified atom stereocenters. The lowest BCUT2D eigenvalue weighted by atomic mass is 9.88. The molecule has 0 saturated heterocycles. The summed E-state index contributed by atoms with van der Waals surface area (Å²) in [4.78, 5) is 10.5. The first-order valence-corrected chi connectivity index (χ1v) is 22.9. The smallest absolute Gasteiger partial charge is 0.0715 e. The van der Waals surface area contributed by atoms with Gasteiger partial charge in [0.05, 0.1) is 22.8 Å². The van der Waals surface area contributed by atoms with Gasteiger partial charge in [-0.05, 0) is 116 Å². The van der Waals surface area contributed by atoms with Crippen LogP contribution in [0.1, 0.15) is 0 Å². The van der Waals surface area contributed by atoms with Gasteiger partial charge in [0.2, 0.25) is 0 Å². The number of aromatic nitrogens is 2. The van der Waals surface area contributed by atoms with Crippen molar-refractivity contribution in [2.24, 2.45) is 0 Å². The SMILES string of the molecule is c1ccc(-c2cc(-c3cc(-c4cc(-c5ccccc5)nc(-c5ccccc5)c4)cc(-c4ccc(-c5ccc6sc7ccccc7c6c5)c5ccccc45)c3)cc(-c3ccccc3)n2)cc1. The van der Waals surface area contributed by atoms with E-state index in [0.717, 1.165) is 72.8 Å². The number of nitrogens with zero attached hydrogens (tertiary/aromatic N) is 2. The van der Waals surface area contributed by atoms with Crippen LogP contribution in [0.15, 0.2) is 243 Å². The molecular weight excluding hydrogens is 805 g/mol. The van der Waals surface area contributed by atoms with E-state index in [0.29, 0.717) is 0 Å². The van der Waals surface area contributed by atoms with E-state index in [4.69, 9.17) is 9.97 Å². The maximum Gasteiger partial charge on any atom is 0.0715 e. The van der Waals surface area contributed by atoms with Crippen molar-refractivity contribution in [2.75, 3.05) is 0 Å². The molecule has 12 aromatic rings. The van der Waals surface area contributed by atoms with E-state index < -0.39 is 0 Å². The van der Waals surface area contributed by atoms with E-state index in [1.807, 2.05) is 11.3 Å². The molecule has 0 fully saturated rings. The zero-order valence-electron chi connectivity index (χ0n) is 35.4. The maximum atomic E-state index is 5.25. The van der Waals surface area contributed by atoms with Gasteiger partial charge in [0.15, 0.2) is 0 Å². The molecule has 0 aliphatic rings. The Labute approximate surface area is 382 Å². The first kappa shape index (κ1) is 38.4. The number of thiophene rings is 1. The second kappa shape index (κ2) is 16.5. The summed E-state index contributed by atoms with van der Waals surface area (Å²) < 4.78 is 2.63. The molecular formula is C62H40N2S. The Hall–Kier alpha value is -8.24. The van der Waals surface area contributed by atoms with E-state index in [2.05, 4.69) is 243 Å². The van der Waals surface area contributed by atoms with Gasteiger partial charge < -0.3 is 0 Å². The highest BCUT2D eigenvalue weighted by atomic mass is 32.1. The summed E-state index contributed by atoms with van der Waals surface area (Å²) in [5.41, 5.74) is 17.2. The Morgan fingerprint density at radius 1 is 0.215 bits per heavy atom. The van der Waals surface area contributed by atoms with Crippen LogP contribution >= 0.6 is 11.3 Å². The number of rotatable bonds is 8. The van der Waals surface area contributed by atoms with Crippen LogP contribution < -0.4 is 0 Å². The Morgan fingerprint density at radius 2 is 0.569 bits per heavy atom. The minimum absolute atomic E-state index is 0.931. The van der Waals surface area contributed by atoms with Crippen molar-refractivity contribution in [3.63, 3.8) is 0 Å². The van der Waals surface area contributed by atoms with Gasteiger partial charge in [-0.3, -0.25) is 0 Å². The zero-order chi connectivity index (χ0) is 43.1. The van der Waals surface area contributed by atoms with Crippen molar-refractivity contribution < 1.29 is 0 Å². The third-order valence-corrected chi connectivity index (χ3v) is 13.6. The van der Waals surface area contributed by atoms with E-state index in [-0.39, 0.29) is 0 Å². The standard InChI is InChI=1S/C62H40N2S/c1-5-17-41(18-6-1)57-37-48(38-58(63-57)42-19-7-2-8-20-42)46-33-47(49-39-59(43-21-9-3-10-22-43)64-60(40-49)44-23-11-4-12-24-44)35-50(34-46)52-31-30-51(53-25-13-14-26-54(52)53)45-29-32-62-56(36-45)55-27-15-16-28-61(55)65-62/h1-40H. The normalized spacial score (nSPS) is 11.4. The van der Waals surface area contributed by atoms with Crippen LogP contribution in [0.4, 0.5) is 0 Å². The maximum absolute atomic E-state index is 5.25. The van der Waals surface area contributed by atoms with Crippen molar-refractivity contribution in [1.29, 1.82) is 0 Å². The van der Waals surface area contributed by atoms with Gasteiger partial charge in [-0.1, -0.05) is 182 Å². The van der Waals surface area contributed by atoms with Crippen LogP contribution in [-0.4, -0.2) is 9.97 Å². The molecule has 0 bridgehead atoms. The number of pyridine rings is 2. The topological polar surface area (TPSA) is 25.8 Å². The second-order valence-corrected chi connectivity index (χ2v) is 17.6. The van der Waals surface area contributed by atoms with Crippen LogP contribution in [-0.2, 0) is 0 Å². The molecule has 304 valence electrons. The predicted molar refractivity (Wildman–Crippen MR) is 276 cm³/mol. The molecule has 12 rings (SSSR count). The number of fused-ring (bicyclic) bond motifs is 4. The van der Waals surface area contributed by atoms with Gasteiger partial charge >= 0.3 is 0 Å². The fraction of sp³-hybridized carbons (Fsp3) is 0. The van der Waals surface area contributed by atoms with Crippen LogP contribution in [0, 0.1) is 0 Å². The lowest BCUT2D eigenvalue weighted by molar-refractivity contribution is 1.32. The van der Waals surface area contributed by atoms with Crippen molar-refractivity contribution >= 4 is 42.3 Å². The number of benzene rings is 9. The summed E-state index contributed by atoms with van der Waals surface area (Å²) >= 11 is 1.86. The van der Waals surface area contributed by atoms with Crippen LogP contribution in [0.2, 0.25) is 0 Å². The largest absolute Gasteiger partial charge is 0.248 e. The Balaban J connectivity index is 1.09. The highest BCUT2D eigenvalue weighted by molar-refractivity contribution is 7.25. The number of hydrogen-bond donors (Lipinski definition) is 0. The molecule has 65 heavy (non-hydrogen) atoms. The van der Waals surface area contributed by atoms with E-state index in [1.165, 1.54) is 47.6 Å². The summed E-state index contributed by atoms with van der Waals surface area (Å²) in [6, 6.07) is 87.3. The fourth-order valence-corrected chi connectivity index (χ4v) is 10.3.